The number of nitrogens with two attached hydrogens (primary N) is 1. The van der Waals surface area contributed by atoms with Gasteiger partial charge in [-0.05, 0) is 32.8 Å². The van der Waals surface area contributed by atoms with E-state index in [-0.39, 0.29) is 18.1 Å². The lowest BCUT2D eigenvalue weighted by Crippen LogP contribution is -2.45. The number of aromatic nitrogens is 4. The number of imidazole rings is 1. The average molecular weight is 328 g/mol. The lowest BCUT2D eigenvalue weighted by molar-refractivity contribution is -0.136. The Morgan fingerprint density at radius 3 is 2.83 bits per heavy atom. The monoisotopic (exact) mass is 328 g/mol. The van der Waals surface area contributed by atoms with Crippen LogP contribution in [-0.2, 0) is 16.9 Å². The minimum Gasteiger partial charge on any atom is -0.364 e. The van der Waals surface area contributed by atoms with Gasteiger partial charge in [0.05, 0.1) is 11.9 Å². The Bertz CT molecular complexity index is 773. The summed E-state index contributed by atoms with van der Waals surface area (Å²) in [7, 11) is 0. The molecule has 1 fully saturated rings. The van der Waals surface area contributed by atoms with Crippen molar-refractivity contribution < 1.29 is 9.59 Å². The van der Waals surface area contributed by atoms with Crippen molar-refractivity contribution in [2.75, 3.05) is 6.54 Å². The van der Waals surface area contributed by atoms with Gasteiger partial charge in [0, 0.05) is 24.6 Å². The van der Waals surface area contributed by atoms with Crippen LogP contribution in [-0.4, -0.2) is 42.8 Å². The Morgan fingerprint density at radius 2 is 2.17 bits per heavy atom. The van der Waals surface area contributed by atoms with E-state index >= 15 is 0 Å². The molecule has 2 aromatic rings. The summed E-state index contributed by atoms with van der Waals surface area (Å²) >= 11 is 0. The minimum absolute atomic E-state index is 0.0290. The van der Waals surface area contributed by atoms with Crippen LogP contribution in [0.3, 0.4) is 0 Å². The summed E-state index contributed by atoms with van der Waals surface area (Å²) in [5.41, 5.74) is 5.54. The number of nitrogens with zero attached hydrogens (tertiary/aromatic N) is 5. The van der Waals surface area contributed by atoms with E-state index in [1.54, 1.807) is 41.2 Å². The summed E-state index contributed by atoms with van der Waals surface area (Å²) in [6.45, 7) is 4.57. The molecule has 2 amide bonds. The van der Waals surface area contributed by atoms with E-state index in [0.717, 1.165) is 12.8 Å². The van der Waals surface area contributed by atoms with E-state index in [0.29, 0.717) is 18.1 Å². The van der Waals surface area contributed by atoms with Gasteiger partial charge in [-0.3, -0.25) is 9.59 Å². The molecule has 1 saturated heterocycles. The van der Waals surface area contributed by atoms with Crippen LogP contribution in [0.15, 0.2) is 24.8 Å². The van der Waals surface area contributed by atoms with Gasteiger partial charge in [0.15, 0.2) is 5.82 Å². The highest BCUT2D eigenvalue weighted by Gasteiger charge is 2.43. The number of carbonyl (C=O) groups is 2. The van der Waals surface area contributed by atoms with E-state index in [2.05, 4.69) is 15.0 Å². The molecule has 1 aliphatic rings. The smallest absolute Gasteiger partial charge is 0.267 e. The molecule has 2 aromatic heterocycles. The molecule has 8 heteroatoms. The van der Waals surface area contributed by atoms with Gasteiger partial charge in [-0.2, -0.15) is 0 Å². The van der Waals surface area contributed by atoms with Gasteiger partial charge < -0.3 is 15.2 Å². The highest BCUT2D eigenvalue weighted by Crippen LogP contribution is 2.37. The van der Waals surface area contributed by atoms with Crippen LogP contribution in [0.1, 0.15) is 41.8 Å². The van der Waals surface area contributed by atoms with E-state index in [1.807, 2.05) is 6.92 Å². The summed E-state index contributed by atoms with van der Waals surface area (Å²) in [6.07, 6.45) is 6.60. The van der Waals surface area contributed by atoms with Gasteiger partial charge in [-0.1, -0.05) is 0 Å². The second kappa shape index (κ2) is 6.03. The molecule has 1 aliphatic heterocycles. The molecule has 1 unspecified atom stereocenters. The summed E-state index contributed by atoms with van der Waals surface area (Å²) in [5, 5.41) is 0. The van der Waals surface area contributed by atoms with E-state index in [9.17, 15) is 9.59 Å². The average Bonchev–Trinajstić information content (AvgIpc) is 3.16. The molecule has 0 spiro atoms. The van der Waals surface area contributed by atoms with Crippen molar-refractivity contribution in [3.63, 3.8) is 0 Å². The van der Waals surface area contributed by atoms with Crippen molar-refractivity contribution >= 4 is 11.8 Å². The number of aryl methyl sites for hydroxylation is 1. The van der Waals surface area contributed by atoms with Gasteiger partial charge in [0.2, 0.25) is 5.91 Å². The molecule has 126 valence electrons. The first-order valence-corrected chi connectivity index (χ1v) is 7.82. The first-order valence-electron chi connectivity index (χ1n) is 7.82. The zero-order chi connectivity index (χ0) is 17.3. The van der Waals surface area contributed by atoms with Crippen LogP contribution >= 0.6 is 0 Å². The fourth-order valence-corrected chi connectivity index (χ4v) is 3.15. The maximum absolute atomic E-state index is 12.7. The molecule has 3 heterocycles. The molecule has 0 aromatic carbocycles. The molecule has 0 saturated carbocycles. The molecule has 2 N–H and O–H groups in total. The van der Waals surface area contributed by atoms with E-state index in [1.165, 1.54) is 0 Å². The predicted octanol–water partition coefficient (Wildman–Crippen LogP) is 0.618. The SMILES string of the molecule is Cc1cc(C(N)=O)nc(C2(C)CCCN2C(=O)Cn2ccnc2)n1. The van der Waals surface area contributed by atoms with Gasteiger partial charge >= 0.3 is 0 Å². The van der Waals surface area contributed by atoms with E-state index < -0.39 is 11.4 Å². The van der Waals surface area contributed by atoms with Crippen molar-refractivity contribution in [3.05, 3.63) is 42.0 Å². The molecule has 3 rings (SSSR count). The van der Waals surface area contributed by atoms with Crippen molar-refractivity contribution in [2.45, 2.75) is 38.8 Å². The zero-order valence-electron chi connectivity index (χ0n) is 13.8. The number of hydrogen-bond acceptors (Lipinski definition) is 5. The van der Waals surface area contributed by atoms with Gasteiger partial charge in [0.25, 0.3) is 5.91 Å². The van der Waals surface area contributed by atoms with Crippen LogP contribution in [0.2, 0.25) is 0 Å². The molecule has 0 bridgehead atoms. The van der Waals surface area contributed by atoms with Gasteiger partial charge in [0.1, 0.15) is 12.2 Å². The van der Waals surface area contributed by atoms with Crippen molar-refractivity contribution in [1.29, 1.82) is 0 Å². The summed E-state index contributed by atoms with van der Waals surface area (Å²) in [6, 6.07) is 1.56. The van der Waals surface area contributed by atoms with Crippen molar-refractivity contribution in [3.8, 4) is 0 Å². The Kier molecular flexibility index (Phi) is 4.04. The molecule has 0 radical (unpaired) electrons. The molecule has 0 aliphatic carbocycles. The Labute approximate surface area is 139 Å². The van der Waals surface area contributed by atoms with Crippen LogP contribution in [0.25, 0.3) is 0 Å². The predicted molar refractivity (Wildman–Crippen MR) is 85.8 cm³/mol. The Hall–Kier alpha value is -2.77. The largest absolute Gasteiger partial charge is 0.364 e. The van der Waals surface area contributed by atoms with Crippen LogP contribution < -0.4 is 5.73 Å². The molecule has 8 nitrogen and oxygen atoms in total. The quantitative estimate of drug-likeness (QED) is 0.885. The maximum atomic E-state index is 12.7. The lowest BCUT2D eigenvalue weighted by atomic mass is 9.97. The number of hydrogen-bond donors (Lipinski definition) is 1. The fraction of sp³-hybridized carbons (Fsp3) is 0.438. The molecule has 24 heavy (non-hydrogen) atoms. The van der Waals surface area contributed by atoms with Crippen LogP contribution in [0.4, 0.5) is 0 Å². The number of primary amides is 1. The zero-order valence-corrected chi connectivity index (χ0v) is 13.8. The second-order valence-corrected chi connectivity index (χ2v) is 6.24. The van der Waals surface area contributed by atoms with Crippen molar-refractivity contribution in [1.82, 2.24) is 24.4 Å². The number of amides is 2. The van der Waals surface area contributed by atoms with Gasteiger partial charge in [-0.15, -0.1) is 0 Å². The second-order valence-electron chi connectivity index (χ2n) is 6.24. The third-order valence-corrected chi connectivity index (χ3v) is 4.41. The first-order chi connectivity index (χ1) is 11.4. The third-order valence-electron chi connectivity index (χ3n) is 4.41. The summed E-state index contributed by atoms with van der Waals surface area (Å²) in [4.78, 5) is 38.8. The fourth-order valence-electron chi connectivity index (χ4n) is 3.15. The molecular formula is C16H20N6O2. The molecular weight excluding hydrogens is 308 g/mol. The minimum atomic E-state index is -0.645. The standard InChI is InChI=1S/C16H20N6O2/c1-11-8-12(14(17)24)20-15(19-11)16(2)4-3-6-22(16)13(23)9-21-7-5-18-10-21/h5,7-8,10H,3-4,6,9H2,1-2H3,(H2,17,24). The Balaban J connectivity index is 1.93. The first kappa shape index (κ1) is 16.1. The van der Waals surface area contributed by atoms with Crippen LogP contribution in [0.5, 0.6) is 0 Å². The Morgan fingerprint density at radius 1 is 1.38 bits per heavy atom. The van der Waals surface area contributed by atoms with E-state index in [4.69, 9.17) is 5.73 Å². The highest BCUT2D eigenvalue weighted by molar-refractivity contribution is 5.90. The van der Waals surface area contributed by atoms with Crippen molar-refractivity contribution in [2.24, 2.45) is 5.73 Å². The summed E-state index contributed by atoms with van der Waals surface area (Å²) < 4.78 is 1.73. The third kappa shape index (κ3) is 2.86. The molecule has 1 atom stereocenters. The highest BCUT2D eigenvalue weighted by atomic mass is 16.2. The van der Waals surface area contributed by atoms with Gasteiger partial charge in [-0.25, -0.2) is 15.0 Å². The topological polar surface area (TPSA) is 107 Å². The number of carbonyl (C=O) groups excluding carboxylic acids is 2. The normalized spacial score (nSPS) is 20.3. The number of rotatable bonds is 4. The maximum Gasteiger partial charge on any atom is 0.267 e. The summed E-state index contributed by atoms with van der Waals surface area (Å²) in [5.74, 6) is -0.161. The van der Waals surface area contributed by atoms with Crippen LogP contribution in [0, 0.1) is 6.92 Å². The number of likely N-dealkylation sites (tertiary alicyclic amines) is 1. The lowest BCUT2D eigenvalue weighted by Gasteiger charge is -2.34.